The topological polar surface area (TPSA) is 26.0 Å². The Kier molecular flexibility index (Phi) is 2.55. The van der Waals surface area contributed by atoms with Crippen LogP contribution in [-0.2, 0) is 5.54 Å². The molecule has 82 valence electrons. The van der Waals surface area contributed by atoms with Gasteiger partial charge in [0.1, 0.15) is 5.82 Å². The maximum absolute atomic E-state index is 13.6. The summed E-state index contributed by atoms with van der Waals surface area (Å²) in [5.41, 5.74) is 8.77. The Morgan fingerprint density at radius 1 is 1.20 bits per heavy atom. The van der Waals surface area contributed by atoms with Gasteiger partial charge in [-0.05, 0) is 49.4 Å². The van der Waals surface area contributed by atoms with Crippen molar-refractivity contribution in [2.75, 3.05) is 0 Å². The van der Waals surface area contributed by atoms with Gasteiger partial charge in [-0.15, -0.1) is 0 Å². The molecule has 0 aromatic heterocycles. The number of rotatable bonds is 1. The van der Waals surface area contributed by atoms with Gasteiger partial charge in [-0.1, -0.05) is 18.9 Å². The second-order valence-electron chi connectivity index (χ2n) is 4.78. The van der Waals surface area contributed by atoms with Gasteiger partial charge in [-0.25, -0.2) is 4.39 Å². The van der Waals surface area contributed by atoms with E-state index in [1.807, 2.05) is 19.9 Å². The van der Waals surface area contributed by atoms with Crippen molar-refractivity contribution in [1.29, 1.82) is 0 Å². The molecule has 0 heterocycles. The maximum atomic E-state index is 13.6. The van der Waals surface area contributed by atoms with E-state index in [0.29, 0.717) is 0 Å². The van der Waals surface area contributed by atoms with E-state index in [1.54, 1.807) is 6.07 Å². The lowest BCUT2D eigenvalue weighted by molar-refractivity contribution is 0.453. The molecule has 2 heteroatoms. The van der Waals surface area contributed by atoms with Gasteiger partial charge in [0.25, 0.3) is 0 Å². The summed E-state index contributed by atoms with van der Waals surface area (Å²) in [5.74, 6) is -0.123. The van der Waals surface area contributed by atoms with Gasteiger partial charge in [0.2, 0.25) is 0 Å². The molecule has 0 aliphatic heterocycles. The normalized spacial score (nSPS) is 19.5. The lowest BCUT2D eigenvalue weighted by atomic mass is 9.85. The zero-order valence-electron chi connectivity index (χ0n) is 9.44. The highest BCUT2D eigenvalue weighted by Crippen LogP contribution is 2.38. The van der Waals surface area contributed by atoms with E-state index in [4.69, 9.17) is 5.73 Å². The zero-order valence-corrected chi connectivity index (χ0v) is 9.44. The molecule has 1 aromatic carbocycles. The molecule has 15 heavy (non-hydrogen) atoms. The lowest BCUT2D eigenvalue weighted by Gasteiger charge is -2.26. The smallest absolute Gasteiger partial charge is 0.126 e. The summed E-state index contributed by atoms with van der Waals surface area (Å²) in [6.45, 7) is 3.75. The van der Waals surface area contributed by atoms with E-state index in [-0.39, 0.29) is 11.4 Å². The predicted molar refractivity (Wildman–Crippen MR) is 60.2 cm³/mol. The van der Waals surface area contributed by atoms with Crippen molar-refractivity contribution in [2.24, 2.45) is 5.73 Å². The van der Waals surface area contributed by atoms with E-state index in [0.717, 1.165) is 42.4 Å². The molecule has 1 aromatic rings. The summed E-state index contributed by atoms with van der Waals surface area (Å²) >= 11 is 0. The van der Waals surface area contributed by atoms with Gasteiger partial charge in [-0.3, -0.25) is 0 Å². The average Bonchev–Trinajstić information content (AvgIpc) is 2.59. The van der Waals surface area contributed by atoms with Crippen molar-refractivity contribution in [3.63, 3.8) is 0 Å². The number of hydrogen-bond acceptors (Lipinski definition) is 1. The van der Waals surface area contributed by atoms with E-state index < -0.39 is 0 Å². The van der Waals surface area contributed by atoms with Crippen LogP contribution in [0.2, 0.25) is 0 Å². The lowest BCUT2D eigenvalue weighted by Crippen LogP contribution is -2.34. The molecule has 0 amide bonds. The molecule has 0 unspecified atom stereocenters. The molecule has 0 bridgehead atoms. The summed E-state index contributed by atoms with van der Waals surface area (Å²) in [6.07, 6.45) is 4.28. The molecule has 2 N–H and O–H groups in total. The molecule has 0 atom stereocenters. The summed E-state index contributed by atoms with van der Waals surface area (Å²) in [4.78, 5) is 0. The minimum atomic E-state index is -0.281. The third-order valence-electron chi connectivity index (χ3n) is 3.52. The first-order chi connectivity index (χ1) is 7.03. The summed E-state index contributed by atoms with van der Waals surface area (Å²) < 4.78 is 13.6. The minimum absolute atomic E-state index is 0.123. The van der Waals surface area contributed by atoms with Crippen LogP contribution in [-0.4, -0.2) is 0 Å². The number of aryl methyl sites for hydroxylation is 1. The van der Waals surface area contributed by atoms with Crippen molar-refractivity contribution in [2.45, 2.75) is 45.1 Å². The van der Waals surface area contributed by atoms with Crippen LogP contribution < -0.4 is 5.73 Å². The second kappa shape index (κ2) is 3.60. The molecule has 0 radical (unpaired) electrons. The standard InChI is InChI=1S/C13H18FN/c1-9-7-11(10(2)12(14)8-9)13(15)5-3-4-6-13/h7-8H,3-6,15H2,1-2H3. The van der Waals surface area contributed by atoms with Crippen molar-refractivity contribution >= 4 is 0 Å². The van der Waals surface area contributed by atoms with Crippen LogP contribution in [0.1, 0.15) is 42.4 Å². The average molecular weight is 207 g/mol. The zero-order chi connectivity index (χ0) is 11.1. The molecular weight excluding hydrogens is 189 g/mol. The Labute approximate surface area is 90.5 Å². The highest BCUT2D eigenvalue weighted by molar-refractivity contribution is 5.37. The van der Waals surface area contributed by atoms with Gasteiger partial charge >= 0.3 is 0 Å². The molecule has 1 aliphatic carbocycles. The molecule has 1 nitrogen and oxygen atoms in total. The summed E-state index contributed by atoms with van der Waals surface area (Å²) in [5, 5.41) is 0. The summed E-state index contributed by atoms with van der Waals surface area (Å²) in [7, 11) is 0. The summed E-state index contributed by atoms with van der Waals surface area (Å²) in [6, 6.07) is 3.63. The third-order valence-corrected chi connectivity index (χ3v) is 3.52. The molecule has 1 aliphatic rings. The number of benzene rings is 1. The Bertz CT molecular complexity index is 378. The molecular formula is C13H18FN. The van der Waals surface area contributed by atoms with Gasteiger partial charge in [0.05, 0.1) is 0 Å². The van der Waals surface area contributed by atoms with Crippen LogP contribution in [0, 0.1) is 19.7 Å². The highest BCUT2D eigenvalue weighted by atomic mass is 19.1. The fourth-order valence-corrected chi connectivity index (χ4v) is 2.61. The van der Waals surface area contributed by atoms with Gasteiger partial charge in [0, 0.05) is 5.54 Å². The third kappa shape index (κ3) is 1.78. The van der Waals surface area contributed by atoms with Crippen molar-refractivity contribution in [3.8, 4) is 0 Å². The van der Waals surface area contributed by atoms with E-state index in [2.05, 4.69) is 0 Å². The Hall–Kier alpha value is -0.890. The maximum Gasteiger partial charge on any atom is 0.126 e. The van der Waals surface area contributed by atoms with Crippen LogP contribution in [0.15, 0.2) is 12.1 Å². The molecule has 1 fully saturated rings. The molecule has 1 saturated carbocycles. The number of nitrogens with two attached hydrogens (primary N) is 1. The predicted octanol–water partition coefficient (Wildman–Crippen LogP) is 3.17. The highest BCUT2D eigenvalue weighted by Gasteiger charge is 2.33. The van der Waals surface area contributed by atoms with Crippen LogP contribution >= 0.6 is 0 Å². The number of hydrogen-bond donors (Lipinski definition) is 1. The van der Waals surface area contributed by atoms with Crippen LogP contribution in [0.4, 0.5) is 4.39 Å². The molecule has 0 saturated heterocycles. The largest absolute Gasteiger partial charge is 0.321 e. The van der Waals surface area contributed by atoms with Gasteiger partial charge < -0.3 is 5.73 Å². The Balaban J connectivity index is 2.51. The van der Waals surface area contributed by atoms with E-state index in [1.165, 1.54) is 0 Å². The van der Waals surface area contributed by atoms with Gasteiger partial charge in [-0.2, -0.15) is 0 Å². The van der Waals surface area contributed by atoms with Gasteiger partial charge in [0.15, 0.2) is 0 Å². The van der Waals surface area contributed by atoms with E-state index >= 15 is 0 Å². The van der Waals surface area contributed by atoms with Crippen molar-refractivity contribution in [1.82, 2.24) is 0 Å². The molecule has 0 spiro atoms. The Morgan fingerprint density at radius 2 is 1.80 bits per heavy atom. The first kappa shape index (κ1) is 10.6. The number of halogens is 1. The van der Waals surface area contributed by atoms with Crippen molar-refractivity contribution in [3.05, 3.63) is 34.6 Å². The van der Waals surface area contributed by atoms with Crippen LogP contribution in [0.3, 0.4) is 0 Å². The Morgan fingerprint density at radius 3 is 2.40 bits per heavy atom. The first-order valence-corrected chi connectivity index (χ1v) is 5.59. The van der Waals surface area contributed by atoms with Crippen LogP contribution in [0.5, 0.6) is 0 Å². The fourth-order valence-electron chi connectivity index (χ4n) is 2.61. The quantitative estimate of drug-likeness (QED) is 0.752. The van der Waals surface area contributed by atoms with Crippen LogP contribution in [0.25, 0.3) is 0 Å². The fraction of sp³-hybridized carbons (Fsp3) is 0.538. The second-order valence-corrected chi connectivity index (χ2v) is 4.78. The van der Waals surface area contributed by atoms with Crippen molar-refractivity contribution < 1.29 is 4.39 Å². The first-order valence-electron chi connectivity index (χ1n) is 5.59. The monoisotopic (exact) mass is 207 g/mol. The molecule has 2 rings (SSSR count). The SMILES string of the molecule is Cc1cc(F)c(C)c(C2(N)CCCC2)c1. The minimum Gasteiger partial charge on any atom is -0.321 e. The van der Waals surface area contributed by atoms with E-state index in [9.17, 15) is 4.39 Å².